The quantitative estimate of drug-likeness (QED) is 0.456. The molecule has 0 bridgehead atoms. The lowest BCUT2D eigenvalue weighted by molar-refractivity contribution is 0.0690. The molecule has 1 N–H and O–H groups in total. The maximum atomic E-state index is 14.9. The molecule has 0 radical (unpaired) electrons. The monoisotopic (exact) mass is 418 g/mol. The van der Waals surface area contributed by atoms with Crippen LogP contribution in [0.25, 0.3) is 10.9 Å². The number of Topliss-reactive ketones (excluding diaryl/α,β-unsaturated/α-hetero) is 1. The first-order valence-corrected chi connectivity index (χ1v) is 10.7. The van der Waals surface area contributed by atoms with Crippen LogP contribution in [0.15, 0.2) is 60.0 Å². The van der Waals surface area contributed by atoms with Crippen LogP contribution < -0.4 is 0 Å². The van der Waals surface area contributed by atoms with Gasteiger partial charge < -0.3 is 9.88 Å². The lowest BCUT2D eigenvalue weighted by Gasteiger charge is -2.36. The van der Waals surface area contributed by atoms with Crippen LogP contribution in [0.4, 0.5) is 4.39 Å². The van der Waals surface area contributed by atoms with Gasteiger partial charge in [-0.3, -0.25) is 9.59 Å². The van der Waals surface area contributed by atoms with Gasteiger partial charge >= 0.3 is 0 Å². The summed E-state index contributed by atoms with van der Waals surface area (Å²) in [5.41, 5.74) is 3.87. The summed E-state index contributed by atoms with van der Waals surface area (Å²) < 4.78 is 14.9. The normalized spacial score (nSPS) is 15.9. The third-order valence-electron chi connectivity index (χ3n) is 5.69. The Hall–Kier alpha value is -3.25. The number of rotatable bonds is 3. The number of halogens is 1. The van der Waals surface area contributed by atoms with E-state index in [9.17, 15) is 14.0 Å². The second-order valence-electron chi connectivity index (χ2n) is 7.49. The average Bonchev–Trinajstić information content (AvgIpc) is 3.38. The number of carbonyl (C=O) groups is 2. The molecule has 1 amide bonds. The summed E-state index contributed by atoms with van der Waals surface area (Å²) in [5, 5.41) is 2.81. The van der Waals surface area contributed by atoms with Gasteiger partial charge in [0.15, 0.2) is 5.78 Å². The Morgan fingerprint density at radius 2 is 1.90 bits per heavy atom. The van der Waals surface area contributed by atoms with Gasteiger partial charge in [0.25, 0.3) is 5.91 Å². The molecule has 1 aliphatic rings. The molecule has 4 aromatic rings. The average molecular weight is 418 g/mol. The zero-order chi connectivity index (χ0) is 20.8. The number of benzene rings is 2. The maximum Gasteiger partial charge on any atom is 0.255 e. The molecule has 150 valence electrons. The van der Waals surface area contributed by atoms with E-state index in [1.54, 1.807) is 34.5 Å². The van der Waals surface area contributed by atoms with Crippen LogP contribution in [0.5, 0.6) is 0 Å². The molecule has 2 aromatic heterocycles. The minimum Gasteiger partial charge on any atom is -0.356 e. The lowest BCUT2D eigenvalue weighted by Crippen LogP contribution is -2.40. The molecule has 0 spiro atoms. The van der Waals surface area contributed by atoms with E-state index in [1.165, 1.54) is 24.3 Å². The summed E-state index contributed by atoms with van der Waals surface area (Å²) >= 11 is 1.26. The van der Waals surface area contributed by atoms with Crippen molar-refractivity contribution in [1.82, 2.24) is 9.88 Å². The van der Waals surface area contributed by atoms with E-state index in [0.29, 0.717) is 29.0 Å². The second kappa shape index (κ2) is 7.22. The minimum absolute atomic E-state index is 0.0683. The van der Waals surface area contributed by atoms with E-state index < -0.39 is 6.04 Å². The van der Waals surface area contributed by atoms with Gasteiger partial charge in [0.1, 0.15) is 11.9 Å². The number of nitrogens with zero attached hydrogens (tertiary/aromatic N) is 1. The molecule has 1 atom stereocenters. The highest BCUT2D eigenvalue weighted by Crippen LogP contribution is 2.40. The van der Waals surface area contributed by atoms with Crippen LogP contribution in [-0.2, 0) is 6.42 Å². The van der Waals surface area contributed by atoms with Gasteiger partial charge in [-0.2, -0.15) is 0 Å². The molecule has 4 nitrogen and oxygen atoms in total. The first-order chi connectivity index (χ1) is 14.5. The van der Waals surface area contributed by atoms with Gasteiger partial charge in [0.05, 0.1) is 10.4 Å². The van der Waals surface area contributed by atoms with Crippen molar-refractivity contribution in [3.63, 3.8) is 0 Å². The molecular weight excluding hydrogens is 399 g/mol. The number of carbonyl (C=O) groups excluding carboxylic acids is 2. The molecule has 0 saturated carbocycles. The van der Waals surface area contributed by atoms with Crippen LogP contribution in [0, 0.1) is 5.82 Å². The molecular formula is C24H19FN2O2S. The van der Waals surface area contributed by atoms with Crippen LogP contribution >= 0.6 is 11.3 Å². The Bertz CT molecular complexity index is 1290. The Kier molecular flexibility index (Phi) is 4.51. The smallest absolute Gasteiger partial charge is 0.255 e. The number of amides is 1. The van der Waals surface area contributed by atoms with Crippen molar-refractivity contribution >= 4 is 33.9 Å². The number of ketones is 1. The molecule has 30 heavy (non-hydrogen) atoms. The number of thiophene rings is 1. The molecule has 0 unspecified atom stereocenters. The number of aromatic nitrogens is 1. The number of para-hydroxylation sites is 1. The molecule has 0 fully saturated rings. The fourth-order valence-corrected chi connectivity index (χ4v) is 5.06. The largest absolute Gasteiger partial charge is 0.356 e. The van der Waals surface area contributed by atoms with E-state index in [4.69, 9.17) is 0 Å². The van der Waals surface area contributed by atoms with Crippen LogP contribution in [0.2, 0.25) is 0 Å². The van der Waals surface area contributed by atoms with Gasteiger partial charge in [-0.15, -0.1) is 11.3 Å². The van der Waals surface area contributed by atoms with Crippen molar-refractivity contribution in [2.24, 2.45) is 0 Å². The van der Waals surface area contributed by atoms with Crippen molar-refractivity contribution in [2.75, 3.05) is 6.54 Å². The van der Waals surface area contributed by atoms with E-state index >= 15 is 0 Å². The summed E-state index contributed by atoms with van der Waals surface area (Å²) in [5.74, 6) is -0.612. The van der Waals surface area contributed by atoms with Crippen LogP contribution in [0.1, 0.15) is 49.8 Å². The van der Waals surface area contributed by atoms with Crippen molar-refractivity contribution < 1.29 is 14.0 Å². The van der Waals surface area contributed by atoms with E-state index in [-0.39, 0.29) is 17.5 Å². The highest BCUT2D eigenvalue weighted by molar-refractivity contribution is 7.12. The van der Waals surface area contributed by atoms with Crippen molar-refractivity contribution in [1.29, 1.82) is 0 Å². The standard InChI is InChI=1S/C24H19FN2O2S/c1-14(28)21-12-15(13-30-21)24(29)27-11-10-17-16-6-3-5-9-20(16)26-22(17)23(27)18-7-2-4-8-19(18)25/h2-9,12-13,23,26H,10-11H2,1H3/t23-/m1/s1. The molecule has 6 heteroatoms. The molecule has 1 aliphatic heterocycles. The second-order valence-corrected chi connectivity index (χ2v) is 8.40. The molecule has 5 rings (SSSR count). The fraction of sp³-hybridized carbons (Fsp3) is 0.167. The van der Waals surface area contributed by atoms with Crippen molar-refractivity contribution in [2.45, 2.75) is 19.4 Å². The predicted octanol–water partition coefficient (Wildman–Crippen LogP) is 5.36. The summed E-state index contributed by atoms with van der Waals surface area (Å²) in [7, 11) is 0. The Morgan fingerprint density at radius 3 is 2.67 bits per heavy atom. The van der Waals surface area contributed by atoms with E-state index in [2.05, 4.69) is 11.1 Å². The first kappa shape index (κ1) is 18.8. The minimum atomic E-state index is -0.560. The maximum absolute atomic E-state index is 14.9. The van der Waals surface area contributed by atoms with Crippen LogP contribution in [0.3, 0.4) is 0 Å². The summed E-state index contributed by atoms with van der Waals surface area (Å²) in [6, 6.07) is 15.7. The van der Waals surface area contributed by atoms with E-state index in [1.807, 2.05) is 18.2 Å². The predicted molar refractivity (Wildman–Crippen MR) is 116 cm³/mol. The lowest BCUT2D eigenvalue weighted by atomic mass is 9.91. The summed E-state index contributed by atoms with van der Waals surface area (Å²) in [6.07, 6.45) is 0.680. The van der Waals surface area contributed by atoms with Crippen molar-refractivity contribution in [3.8, 4) is 0 Å². The molecule has 0 aliphatic carbocycles. The number of H-pyrrole nitrogens is 1. The number of hydrogen-bond acceptors (Lipinski definition) is 3. The Morgan fingerprint density at radius 1 is 1.13 bits per heavy atom. The van der Waals surface area contributed by atoms with Gasteiger partial charge in [-0.05, 0) is 37.1 Å². The van der Waals surface area contributed by atoms with Crippen LogP contribution in [-0.4, -0.2) is 28.1 Å². The molecule has 0 saturated heterocycles. The third kappa shape index (κ3) is 2.95. The van der Waals surface area contributed by atoms with E-state index in [0.717, 1.165) is 22.2 Å². The fourth-order valence-electron chi connectivity index (χ4n) is 4.28. The third-order valence-corrected chi connectivity index (χ3v) is 6.72. The van der Waals surface area contributed by atoms with Gasteiger partial charge in [-0.1, -0.05) is 36.4 Å². The van der Waals surface area contributed by atoms with Gasteiger partial charge in [-0.25, -0.2) is 4.39 Å². The number of hydrogen-bond donors (Lipinski definition) is 1. The summed E-state index contributed by atoms with van der Waals surface area (Å²) in [4.78, 5) is 30.8. The van der Waals surface area contributed by atoms with Gasteiger partial charge in [0.2, 0.25) is 0 Å². The highest BCUT2D eigenvalue weighted by atomic mass is 32.1. The Balaban J connectivity index is 1.66. The molecule has 3 heterocycles. The number of fused-ring (bicyclic) bond motifs is 3. The highest BCUT2D eigenvalue weighted by Gasteiger charge is 2.36. The topological polar surface area (TPSA) is 53.2 Å². The van der Waals surface area contributed by atoms with Crippen molar-refractivity contribution in [3.05, 3.63) is 93.1 Å². The summed E-state index contributed by atoms with van der Waals surface area (Å²) in [6.45, 7) is 1.96. The number of aromatic amines is 1. The zero-order valence-electron chi connectivity index (χ0n) is 16.3. The Labute approximate surface area is 177 Å². The zero-order valence-corrected chi connectivity index (χ0v) is 17.1. The number of nitrogens with one attached hydrogen (secondary N) is 1. The van der Waals surface area contributed by atoms with Gasteiger partial charge in [0, 0.05) is 34.1 Å². The molecule has 2 aromatic carbocycles. The first-order valence-electron chi connectivity index (χ1n) is 9.79. The SMILES string of the molecule is CC(=O)c1cc(C(=O)N2CCc3c([nH]c4ccccc34)[C@H]2c2ccccc2F)cs1.